The Morgan fingerprint density at radius 1 is 1.45 bits per heavy atom. The first-order valence-electron chi connectivity index (χ1n) is 6.68. The Morgan fingerprint density at radius 3 is 2.55 bits per heavy atom. The monoisotopic (exact) mass is 296 g/mol. The molecule has 0 aliphatic heterocycles. The van der Waals surface area contributed by atoms with Crippen molar-refractivity contribution in [2.45, 2.75) is 32.9 Å². The van der Waals surface area contributed by atoms with Gasteiger partial charge in [0.15, 0.2) is 0 Å². The highest BCUT2D eigenvalue weighted by atomic mass is 32.1. The molecule has 5 heteroatoms. The molecule has 0 saturated heterocycles. The van der Waals surface area contributed by atoms with Crippen LogP contribution < -0.4 is 10.5 Å². The van der Waals surface area contributed by atoms with Gasteiger partial charge in [-0.3, -0.25) is 4.90 Å². The third-order valence-corrected chi connectivity index (χ3v) is 3.25. The molecule has 0 bridgehead atoms. The summed E-state index contributed by atoms with van der Waals surface area (Å²) in [6.07, 6.45) is 0. The molecule has 0 amide bonds. The van der Waals surface area contributed by atoms with E-state index in [2.05, 4.69) is 11.8 Å². The molecule has 1 rings (SSSR count). The van der Waals surface area contributed by atoms with Crippen LogP contribution in [-0.4, -0.2) is 40.8 Å². The quantitative estimate of drug-likeness (QED) is 0.753. The van der Waals surface area contributed by atoms with Crippen LogP contribution in [0.4, 0.5) is 0 Å². The van der Waals surface area contributed by atoms with E-state index in [4.69, 9.17) is 22.7 Å². The van der Waals surface area contributed by atoms with E-state index < -0.39 is 5.60 Å². The van der Waals surface area contributed by atoms with E-state index in [0.717, 1.165) is 23.4 Å². The van der Waals surface area contributed by atoms with Gasteiger partial charge in [-0.05, 0) is 38.6 Å². The summed E-state index contributed by atoms with van der Waals surface area (Å²) >= 11 is 5.01. The van der Waals surface area contributed by atoms with Crippen LogP contribution in [0.15, 0.2) is 18.2 Å². The number of hydrogen-bond acceptors (Lipinski definition) is 4. The second kappa shape index (κ2) is 7.02. The summed E-state index contributed by atoms with van der Waals surface area (Å²) in [6, 6.07) is 5.69. The van der Waals surface area contributed by atoms with Crippen LogP contribution in [0.2, 0.25) is 0 Å². The fourth-order valence-electron chi connectivity index (χ4n) is 2.12. The van der Waals surface area contributed by atoms with Crippen LogP contribution >= 0.6 is 12.2 Å². The Labute approximate surface area is 126 Å². The van der Waals surface area contributed by atoms with Crippen molar-refractivity contribution >= 4 is 17.2 Å². The molecule has 0 atom stereocenters. The molecule has 0 spiro atoms. The zero-order valence-corrected chi connectivity index (χ0v) is 13.5. The summed E-state index contributed by atoms with van der Waals surface area (Å²) in [5, 5.41) is 9.95. The summed E-state index contributed by atoms with van der Waals surface area (Å²) in [6.45, 7) is 7.78. The number of ether oxygens (including phenoxy) is 1. The van der Waals surface area contributed by atoms with Crippen LogP contribution in [0.25, 0.3) is 0 Å². The zero-order valence-electron chi connectivity index (χ0n) is 12.6. The average molecular weight is 296 g/mol. The van der Waals surface area contributed by atoms with Gasteiger partial charge in [-0.1, -0.05) is 19.1 Å². The predicted molar refractivity (Wildman–Crippen MR) is 86.1 cm³/mol. The molecule has 4 nitrogen and oxygen atoms in total. The van der Waals surface area contributed by atoms with Crippen LogP contribution in [0.1, 0.15) is 31.9 Å². The number of hydrogen-bond donors (Lipinski definition) is 2. The van der Waals surface area contributed by atoms with E-state index in [1.807, 2.05) is 18.2 Å². The molecule has 1 aromatic rings. The lowest BCUT2D eigenvalue weighted by molar-refractivity contribution is 0.0351. The van der Waals surface area contributed by atoms with Gasteiger partial charge in [-0.2, -0.15) is 0 Å². The molecule has 0 radical (unpaired) electrons. The molecule has 112 valence electrons. The third kappa shape index (κ3) is 5.07. The van der Waals surface area contributed by atoms with Gasteiger partial charge in [-0.25, -0.2) is 0 Å². The van der Waals surface area contributed by atoms with Gasteiger partial charge in [-0.15, -0.1) is 0 Å². The van der Waals surface area contributed by atoms with Gasteiger partial charge in [0.25, 0.3) is 0 Å². The van der Waals surface area contributed by atoms with E-state index in [1.165, 1.54) is 0 Å². The van der Waals surface area contributed by atoms with E-state index in [-0.39, 0.29) is 0 Å². The molecular weight excluding hydrogens is 272 g/mol. The Bertz CT molecular complexity index is 469. The summed E-state index contributed by atoms with van der Waals surface area (Å²) < 4.78 is 5.38. The minimum absolute atomic E-state index is 0.374. The van der Waals surface area contributed by atoms with E-state index in [9.17, 15) is 5.11 Å². The van der Waals surface area contributed by atoms with Crippen molar-refractivity contribution in [2.24, 2.45) is 5.73 Å². The van der Waals surface area contributed by atoms with Gasteiger partial charge in [0.1, 0.15) is 10.7 Å². The third-order valence-electron chi connectivity index (χ3n) is 3.02. The number of aliphatic hydroxyl groups is 1. The summed E-state index contributed by atoms with van der Waals surface area (Å²) in [5.41, 5.74) is 6.79. The van der Waals surface area contributed by atoms with Crippen molar-refractivity contribution in [3.05, 3.63) is 29.3 Å². The molecule has 20 heavy (non-hydrogen) atoms. The van der Waals surface area contributed by atoms with Crippen LogP contribution in [0.5, 0.6) is 5.75 Å². The highest BCUT2D eigenvalue weighted by Crippen LogP contribution is 2.22. The lowest BCUT2D eigenvalue weighted by Gasteiger charge is -2.28. The van der Waals surface area contributed by atoms with Gasteiger partial charge < -0.3 is 15.6 Å². The Kier molecular flexibility index (Phi) is 5.92. The van der Waals surface area contributed by atoms with Crippen molar-refractivity contribution < 1.29 is 9.84 Å². The lowest BCUT2D eigenvalue weighted by atomic mass is 10.1. The normalized spacial score (nSPS) is 11.7. The van der Waals surface area contributed by atoms with E-state index >= 15 is 0 Å². The minimum Gasteiger partial charge on any atom is -0.496 e. The fourth-order valence-corrected chi connectivity index (χ4v) is 2.25. The van der Waals surface area contributed by atoms with Crippen molar-refractivity contribution in [3.63, 3.8) is 0 Å². The summed E-state index contributed by atoms with van der Waals surface area (Å²) in [5.74, 6) is 0.805. The van der Waals surface area contributed by atoms with Gasteiger partial charge in [0.05, 0.1) is 12.7 Å². The summed E-state index contributed by atoms with van der Waals surface area (Å²) in [7, 11) is 1.64. The second-order valence-corrected chi connectivity index (χ2v) is 5.95. The van der Waals surface area contributed by atoms with Crippen molar-refractivity contribution in [1.29, 1.82) is 0 Å². The maximum Gasteiger partial charge on any atom is 0.123 e. The molecule has 0 aliphatic rings. The average Bonchev–Trinajstić information content (AvgIpc) is 2.36. The number of nitrogens with zero attached hydrogens (tertiary/aromatic N) is 1. The van der Waals surface area contributed by atoms with Crippen LogP contribution in [-0.2, 0) is 6.54 Å². The Morgan fingerprint density at radius 2 is 2.10 bits per heavy atom. The summed E-state index contributed by atoms with van der Waals surface area (Å²) in [4.78, 5) is 2.53. The van der Waals surface area contributed by atoms with Crippen molar-refractivity contribution in [2.75, 3.05) is 20.2 Å². The largest absolute Gasteiger partial charge is 0.496 e. The topological polar surface area (TPSA) is 58.7 Å². The molecule has 3 N–H and O–H groups in total. The molecule has 0 unspecified atom stereocenters. The molecular formula is C15H24N2O2S. The Hall–Kier alpha value is -1.17. The number of rotatable bonds is 7. The maximum absolute atomic E-state index is 9.95. The smallest absolute Gasteiger partial charge is 0.123 e. The van der Waals surface area contributed by atoms with Gasteiger partial charge in [0.2, 0.25) is 0 Å². The molecule has 0 saturated carbocycles. The van der Waals surface area contributed by atoms with Gasteiger partial charge >= 0.3 is 0 Å². The molecule has 0 aromatic heterocycles. The predicted octanol–water partition coefficient (Wildman–Crippen LogP) is 1.92. The van der Waals surface area contributed by atoms with Crippen molar-refractivity contribution in [1.82, 2.24) is 4.90 Å². The number of benzene rings is 1. The Balaban J connectivity index is 2.98. The van der Waals surface area contributed by atoms with Crippen LogP contribution in [0, 0.1) is 0 Å². The van der Waals surface area contributed by atoms with E-state index in [0.29, 0.717) is 18.1 Å². The number of likely N-dealkylation sites (N-methyl/N-ethyl adjacent to an activating group) is 1. The lowest BCUT2D eigenvalue weighted by Crippen LogP contribution is -2.38. The van der Waals surface area contributed by atoms with E-state index in [1.54, 1.807) is 21.0 Å². The number of thiocarbonyl (C=S) groups is 1. The highest BCUT2D eigenvalue weighted by molar-refractivity contribution is 7.80. The van der Waals surface area contributed by atoms with Gasteiger partial charge in [0, 0.05) is 24.2 Å². The zero-order chi connectivity index (χ0) is 15.3. The highest BCUT2D eigenvalue weighted by Gasteiger charge is 2.18. The number of nitrogens with two attached hydrogens (primary N) is 1. The van der Waals surface area contributed by atoms with Crippen molar-refractivity contribution in [3.8, 4) is 5.75 Å². The molecule has 1 aromatic carbocycles. The first-order valence-corrected chi connectivity index (χ1v) is 7.09. The standard InChI is InChI=1S/C15H24N2O2S/c1-5-17(10-15(2,3)18)9-12-8-11(14(16)20)6-7-13(12)19-4/h6-8,18H,5,9-10H2,1-4H3,(H2,16,20). The fraction of sp³-hybridized carbons (Fsp3) is 0.533. The molecule has 0 aliphatic carbocycles. The maximum atomic E-state index is 9.95. The minimum atomic E-state index is -0.732. The first kappa shape index (κ1) is 16.9. The second-order valence-electron chi connectivity index (χ2n) is 5.51. The SMILES string of the molecule is CCN(Cc1cc(C(N)=S)ccc1OC)CC(C)(C)O. The molecule has 0 fully saturated rings. The first-order chi connectivity index (χ1) is 9.26. The number of methoxy groups -OCH3 is 1. The molecule has 0 heterocycles. The van der Waals surface area contributed by atoms with Crippen LogP contribution in [0.3, 0.4) is 0 Å².